The van der Waals surface area contributed by atoms with Crippen LogP contribution in [-0.2, 0) is 19.3 Å². The summed E-state index contributed by atoms with van der Waals surface area (Å²) in [7, 11) is 0. The van der Waals surface area contributed by atoms with E-state index in [0.717, 1.165) is 6.42 Å². The lowest BCUT2D eigenvalue weighted by Gasteiger charge is -2.14. The molecule has 0 spiro atoms. The number of benzene rings is 1. The molecule has 0 saturated heterocycles. The van der Waals surface area contributed by atoms with Crippen molar-refractivity contribution in [2.45, 2.75) is 37.0 Å². The molecule has 1 aliphatic carbocycles. The normalized spacial score (nSPS) is 16.7. The maximum Gasteiger partial charge on any atom is 0.124 e. The Hall–Kier alpha value is -1.32. The molecule has 22 heavy (non-hydrogen) atoms. The van der Waals surface area contributed by atoms with Crippen molar-refractivity contribution in [3.05, 3.63) is 46.5 Å². The third kappa shape index (κ3) is 1.88. The number of aryl methyl sites for hydroxylation is 3. The fourth-order valence-electron chi connectivity index (χ4n) is 3.77. The highest BCUT2D eigenvalue weighted by molar-refractivity contribution is 7.99. The predicted molar refractivity (Wildman–Crippen MR) is 96.1 cm³/mol. The van der Waals surface area contributed by atoms with Gasteiger partial charge in [-0.25, -0.2) is 4.98 Å². The number of thioether (sulfide) groups is 1. The van der Waals surface area contributed by atoms with Crippen LogP contribution < -0.4 is 0 Å². The Bertz CT molecular complexity index is 864. The Morgan fingerprint density at radius 2 is 1.82 bits per heavy atom. The summed E-state index contributed by atoms with van der Waals surface area (Å²) in [6.07, 6.45) is 6.29. The molecule has 0 fully saturated rings. The zero-order valence-corrected chi connectivity index (χ0v) is 14.0. The number of hydrogen-bond donors (Lipinski definition) is 0. The lowest BCUT2D eigenvalue weighted by atomic mass is 9.92. The zero-order chi connectivity index (χ0) is 14.5. The number of nitrogens with zero attached hydrogens (tertiary/aromatic N) is 1. The first-order valence-corrected chi connectivity index (χ1v) is 9.87. The minimum atomic E-state index is 1.12. The molecule has 0 atom stereocenters. The molecular weight excluding hydrogens is 306 g/mol. The molecule has 3 heteroatoms. The second-order valence-corrected chi connectivity index (χ2v) is 8.31. The monoisotopic (exact) mass is 323 g/mol. The van der Waals surface area contributed by atoms with Crippen LogP contribution in [0.2, 0.25) is 0 Å². The summed E-state index contributed by atoms with van der Waals surface area (Å²) in [6, 6.07) is 11.0. The molecular formula is C19H17NS2. The summed E-state index contributed by atoms with van der Waals surface area (Å²) in [4.78, 5) is 9.37. The van der Waals surface area contributed by atoms with Crippen molar-refractivity contribution in [3.63, 3.8) is 0 Å². The molecule has 0 saturated carbocycles. The number of thiophene rings is 1. The lowest BCUT2D eigenvalue weighted by molar-refractivity contribution is 0.700. The van der Waals surface area contributed by atoms with Crippen LogP contribution in [0.4, 0.5) is 0 Å². The molecule has 5 rings (SSSR count). The van der Waals surface area contributed by atoms with Crippen LogP contribution in [0.25, 0.3) is 21.3 Å². The van der Waals surface area contributed by atoms with Gasteiger partial charge in [0.2, 0.25) is 0 Å². The van der Waals surface area contributed by atoms with Gasteiger partial charge in [-0.15, -0.1) is 23.1 Å². The van der Waals surface area contributed by atoms with Crippen molar-refractivity contribution >= 4 is 33.3 Å². The van der Waals surface area contributed by atoms with E-state index in [2.05, 4.69) is 30.3 Å². The van der Waals surface area contributed by atoms with Crippen molar-refractivity contribution in [3.8, 4) is 11.1 Å². The predicted octanol–water partition coefficient (Wildman–Crippen LogP) is 5.49. The van der Waals surface area contributed by atoms with Gasteiger partial charge in [0.15, 0.2) is 0 Å². The van der Waals surface area contributed by atoms with Crippen molar-refractivity contribution < 1.29 is 0 Å². The number of pyridine rings is 1. The highest BCUT2D eigenvalue weighted by Gasteiger charge is 2.26. The molecule has 0 amide bonds. The number of hydrogen-bond acceptors (Lipinski definition) is 3. The van der Waals surface area contributed by atoms with E-state index in [1.807, 2.05) is 23.1 Å². The van der Waals surface area contributed by atoms with Gasteiger partial charge in [0.1, 0.15) is 4.83 Å². The number of fused-ring (bicyclic) bond motifs is 4. The molecule has 0 unspecified atom stereocenters. The Morgan fingerprint density at radius 3 is 2.73 bits per heavy atom. The van der Waals surface area contributed by atoms with Crippen molar-refractivity contribution in [1.82, 2.24) is 4.98 Å². The minimum Gasteiger partial charge on any atom is -0.241 e. The fraction of sp³-hybridized carbons (Fsp3) is 0.316. The molecule has 1 nitrogen and oxygen atoms in total. The topological polar surface area (TPSA) is 12.9 Å². The van der Waals surface area contributed by atoms with Crippen LogP contribution >= 0.6 is 23.1 Å². The summed E-state index contributed by atoms with van der Waals surface area (Å²) < 4.78 is 0. The van der Waals surface area contributed by atoms with E-state index in [9.17, 15) is 0 Å². The average Bonchev–Trinajstić information content (AvgIpc) is 3.17. The standard InChI is InChI=1S/C19H17NS2/c1-2-6-12(7-3-1)16-17-13-8-4-5-9-15(13)22-19(17)20-14-10-11-21-18(14)16/h1-3,6-7H,4-5,8-11H2. The Kier molecular flexibility index (Phi) is 3.05. The van der Waals surface area contributed by atoms with Gasteiger partial charge in [0.05, 0.1) is 5.69 Å². The Morgan fingerprint density at radius 1 is 0.955 bits per heavy atom. The summed E-state index contributed by atoms with van der Waals surface area (Å²) in [5.74, 6) is 1.18. The third-order valence-corrected chi connectivity index (χ3v) is 7.10. The van der Waals surface area contributed by atoms with Gasteiger partial charge < -0.3 is 0 Å². The first-order valence-electron chi connectivity index (χ1n) is 8.07. The van der Waals surface area contributed by atoms with Gasteiger partial charge in [-0.05, 0) is 36.8 Å². The lowest BCUT2D eigenvalue weighted by Crippen LogP contribution is -1.99. The third-order valence-electron chi connectivity index (χ3n) is 4.78. The largest absolute Gasteiger partial charge is 0.241 e. The summed E-state index contributed by atoms with van der Waals surface area (Å²) >= 11 is 3.95. The summed E-state index contributed by atoms with van der Waals surface area (Å²) in [6.45, 7) is 0. The minimum absolute atomic E-state index is 1.12. The highest BCUT2D eigenvalue weighted by Crippen LogP contribution is 2.47. The second kappa shape index (κ2) is 5.10. The fourth-order valence-corrected chi connectivity index (χ4v) is 6.24. The molecule has 0 bridgehead atoms. The first-order chi connectivity index (χ1) is 10.9. The number of aromatic nitrogens is 1. The van der Waals surface area contributed by atoms with Crippen LogP contribution in [0.1, 0.15) is 29.0 Å². The zero-order valence-electron chi connectivity index (χ0n) is 12.4. The summed E-state index contributed by atoms with van der Waals surface area (Å²) in [5.41, 5.74) is 5.78. The first kappa shape index (κ1) is 13.1. The SMILES string of the molecule is c1ccc(-c2c3c(nc4sc5c(c24)CCCC5)CCS3)cc1. The van der Waals surface area contributed by atoms with Crippen molar-refractivity contribution in [2.24, 2.45) is 0 Å². The molecule has 110 valence electrons. The molecule has 0 N–H and O–H groups in total. The van der Waals surface area contributed by atoms with Gasteiger partial charge in [0, 0.05) is 32.9 Å². The van der Waals surface area contributed by atoms with Gasteiger partial charge in [-0.2, -0.15) is 0 Å². The Balaban J connectivity index is 1.91. The quantitative estimate of drug-likeness (QED) is 0.587. The maximum absolute atomic E-state index is 5.04. The van der Waals surface area contributed by atoms with E-state index in [1.54, 1.807) is 10.4 Å². The summed E-state index contributed by atoms with van der Waals surface area (Å²) in [5, 5.41) is 1.47. The van der Waals surface area contributed by atoms with Crippen LogP contribution in [0.5, 0.6) is 0 Å². The average molecular weight is 323 g/mol. The molecule has 0 radical (unpaired) electrons. The van der Waals surface area contributed by atoms with Crippen LogP contribution in [0.3, 0.4) is 0 Å². The second-order valence-electron chi connectivity index (χ2n) is 6.12. The van der Waals surface area contributed by atoms with Gasteiger partial charge in [0.25, 0.3) is 0 Å². The smallest absolute Gasteiger partial charge is 0.124 e. The van der Waals surface area contributed by atoms with Crippen molar-refractivity contribution in [2.75, 3.05) is 5.75 Å². The van der Waals surface area contributed by atoms with E-state index in [-0.39, 0.29) is 0 Å². The van der Waals surface area contributed by atoms with Crippen LogP contribution in [0.15, 0.2) is 35.2 Å². The van der Waals surface area contributed by atoms with E-state index in [4.69, 9.17) is 4.98 Å². The Labute approximate surface area is 138 Å². The van der Waals surface area contributed by atoms with E-state index < -0.39 is 0 Å². The van der Waals surface area contributed by atoms with Gasteiger partial charge >= 0.3 is 0 Å². The van der Waals surface area contributed by atoms with E-state index in [1.165, 1.54) is 63.4 Å². The molecule has 3 heterocycles. The van der Waals surface area contributed by atoms with E-state index in [0.29, 0.717) is 0 Å². The van der Waals surface area contributed by atoms with Gasteiger partial charge in [-0.1, -0.05) is 30.3 Å². The van der Waals surface area contributed by atoms with Gasteiger partial charge in [-0.3, -0.25) is 0 Å². The molecule has 2 aromatic heterocycles. The molecule has 1 aromatic carbocycles. The maximum atomic E-state index is 5.04. The van der Waals surface area contributed by atoms with E-state index >= 15 is 0 Å². The van der Waals surface area contributed by atoms with Crippen LogP contribution in [-0.4, -0.2) is 10.7 Å². The highest BCUT2D eigenvalue weighted by atomic mass is 32.2. The molecule has 3 aromatic rings. The van der Waals surface area contributed by atoms with Crippen LogP contribution in [0, 0.1) is 0 Å². The number of rotatable bonds is 1. The molecule has 2 aliphatic rings. The molecule has 1 aliphatic heterocycles. The van der Waals surface area contributed by atoms with Crippen molar-refractivity contribution in [1.29, 1.82) is 0 Å².